The van der Waals surface area contributed by atoms with Crippen molar-refractivity contribution >= 4 is 5.97 Å². The zero-order valence-corrected chi connectivity index (χ0v) is 14.6. The minimum atomic E-state index is -4.24. The van der Waals surface area contributed by atoms with Gasteiger partial charge in [-0.1, -0.05) is 36.4 Å². The van der Waals surface area contributed by atoms with Gasteiger partial charge in [0, 0.05) is 0 Å². The van der Waals surface area contributed by atoms with E-state index in [1.807, 2.05) is 0 Å². The zero-order chi connectivity index (χ0) is 20.7. The summed E-state index contributed by atoms with van der Waals surface area (Å²) >= 11 is 0. The number of hydrogen-bond donors (Lipinski definition) is 5. The van der Waals surface area contributed by atoms with Crippen LogP contribution in [-0.4, -0.2) is 56.9 Å². The molecule has 3 unspecified atom stereocenters. The highest BCUT2D eigenvalue weighted by atomic mass is 19.4. The second kappa shape index (κ2) is 9.84. The SMILES string of the molecule is NC(CO)(C(=O)O)C(O)C(O)C/C=C/CCc1ccc(CC(F)(F)F)cc1. The molecule has 1 rings (SSSR count). The number of aliphatic hydroxyl groups is 3. The Hall–Kier alpha value is -1.94. The van der Waals surface area contributed by atoms with Crippen LogP contribution in [0.3, 0.4) is 0 Å². The van der Waals surface area contributed by atoms with Crippen molar-refractivity contribution in [2.24, 2.45) is 5.73 Å². The monoisotopic (exact) mass is 391 g/mol. The molecule has 6 N–H and O–H groups in total. The van der Waals surface area contributed by atoms with Gasteiger partial charge in [-0.25, -0.2) is 0 Å². The first kappa shape index (κ1) is 23.1. The molecule has 3 atom stereocenters. The molecular weight excluding hydrogens is 367 g/mol. The van der Waals surface area contributed by atoms with Gasteiger partial charge >= 0.3 is 12.1 Å². The molecule has 152 valence electrons. The molecule has 0 aromatic heterocycles. The summed E-state index contributed by atoms with van der Waals surface area (Å²) < 4.78 is 36.9. The predicted octanol–water partition coefficient (Wildman–Crippen LogP) is 1.17. The van der Waals surface area contributed by atoms with Crippen molar-refractivity contribution in [1.29, 1.82) is 0 Å². The molecule has 1 aromatic carbocycles. The topological polar surface area (TPSA) is 124 Å². The molecule has 6 nitrogen and oxygen atoms in total. The second-order valence-electron chi connectivity index (χ2n) is 6.37. The first-order chi connectivity index (χ1) is 12.5. The Morgan fingerprint density at radius 1 is 1.11 bits per heavy atom. The highest BCUT2D eigenvalue weighted by Gasteiger charge is 2.44. The minimum Gasteiger partial charge on any atom is -0.480 e. The van der Waals surface area contributed by atoms with E-state index in [2.05, 4.69) is 0 Å². The third-order valence-corrected chi connectivity index (χ3v) is 4.12. The van der Waals surface area contributed by atoms with Crippen LogP contribution in [-0.2, 0) is 17.6 Å². The lowest BCUT2D eigenvalue weighted by Crippen LogP contribution is -2.63. The van der Waals surface area contributed by atoms with E-state index >= 15 is 0 Å². The molecule has 0 radical (unpaired) electrons. The van der Waals surface area contributed by atoms with Crippen LogP contribution < -0.4 is 5.73 Å². The van der Waals surface area contributed by atoms with Crippen LogP contribution in [0.1, 0.15) is 24.0 Å². The van der Waals surface area contributed by atoms with E-state index in [4.69, 9.17) is 15.9 Å². The van der Waals surface area contributed by atoms with Gasteiger partial charge in [-0.05, 0) is 30.4 Å². The quantitative estimate of drug-likeness (QED) is 0.382. The van der Waals surface area contributed by atoms with Crippen LogP contribution >= 0.6 is 0 Å². The van der Waals surface area contributed by atoms with Gasteiger partial charge in [-0.3, -0.25) is 4.79 Å². The normalized spacial score (nSPS) is 16.9. The number of allylic oxidation sites excluding steroid dienone is 1. The summed E-state index contributed by atoms with van der Waals surface area (Å²) in [6.45, 7) is -1.03. The molecule has 0 saturated carbocycles. The van der Waals surface area contributed by atoms with Crippen LogP contribution in [0.5, 0.6) is 0 Å². The molecule has 0 aliphatic carbocycles. The fourth-order valence-corrected chi connectivity index (χ4v) is 2.42. The van der Waals surface area contributed by atoms with Crippen LogP contribution in [0.2, 0.25) is 0 Å². The fraction of sp³-hybridized carbons (Fsp3) is 0.500. The molecule has 0 saturated heterocycles. The molecule has 0 aliphatic heterocycles. The van der Waals surface area contributed by atoms with Crippen molar-refractivity contribution < 1.29 is 38.4 Å². The number of carboxylic acids is 1. The third-order valence-electron chi connectivity index (χ3n) is 4.12. The van der Waals surface area contributed by atoms with Crippen molar-refractivity contribution in [3.63, 3.8) is 0 Å². The van der Waals surface area contributed by atoms with Crippen LogP contribution in [0.25, 0.3) is 0 Å². The van der Waals surface area contributed by atoms with Gasteiger partial charge in [0.2, 0.25) is 0 Å². The van der Waals surface area contributed by atoms with Gasteiger partial charge in [0.15, 0.2) is 5.54 Å². The minimum absolute atomic E-state index is 0.0715. The number of nitrogens with two attached hydrogens (primary N) is 1. The molecule has 0 spiro atoms. The number of carbonyl (C=O) groups is 1. The number of benzene rings is 1. The highest BCUT2D eigenvalue weighted by Crippen LogP contribution is 2.21. The lowest BCUT2D eigenvalue weighted by molar-refractivity contribution is -0.155. The van der Waals surface area contributed by atoms with E-state index in [1.54, 1.807) is 18.2 Å². The summed E-state index contributed by atoms with van der Waals surface area (Å²) in [6, 6.07) is 6.08. The Labute approximate surface area is 154 Å². The van der Waals surface area contributed by atoms with Crippen LogP contribution in [0.15, 0.2) is 36.4 Å². The Kier molecular flexibility index (Phi) is 8.42. The number of alkyl halides is 3. The number of carboxylic acid groups (broad SMARTS) is 1. The van der Waals surface area contributed by atoms with Crippen molar-refractivity contribution in [3.05, 3.63) is 47.5 Å². The van der Waals surface area contributed by atoms with E-state index in [0.717, 1.165) is 5.56 Å². The zero-order valence-electron chi connectivity index (χ0n) is 14.6. The number of hydrogen-bond acceptors (Lipinski definition) is 5. The molecule has 0 heterocycles. The van der Waals surface area contributed by atoms with E-state index in [1.165, 1.54) is 18.2 Å². The highest BCUT2D eigenvalue weighted by molar-refractivity contribution is 5.79. The number of aliphatic carboxylic acids is 1. The van der Waals surface area contributed by atoms with Gasteiger partial charge < -0.3 is 26.2 Å². The molecule has 1 aromatic rings. The Bertz CT molecular complexity index is 633. The first-order valence-electron chi connectivity index (χ1n) is 8.28. The van der Waals surface area contributed by atoms with Gasteiger partial charge in [-0.15, -0.1) is 0 Å². The summed E-state index contributed by atoms with van der Waals surface area (Å²) in [4.78, 5) is 11.0. The largest absolute Gasteiger partial charge is 0.480 e. The maximum atomic E-state index is 12.3. The Morgan fingerprint density at radius 3 is 2.15 bits per heavy atom. The molecule has 0 fully saturated rings. The van der Waals surface area contributed by atoms with E-state index < -0.39 is 42.9 Å². The number of aliphatic hydroxyl groups excluding tert-OH is 3. The standard InChI is InChI=1S/C18H24F3NO5/c19-18(20,21)10-13-8-6-12(7-9-13)4-2-1-3-5-14(24)15(25)17(22,11-23)16(26)27/h1,3,6-9,14-15,23-25H,2,4-5,10-11,22H2,(H,26,27)/b3-1+. The lowest BCUT2D eigenvalue weighted by atomic mass is 9.89. The maximum Gasteiger partial charge on any atom is 0.393 e. The Balaban J connectivity index is 2.46. The summed E-state index contributed by atoms with van der Waals surface area (Å²) in [5.74, 6) is -1.63. The second-order valence-corrected chi connectivity index (χ2v) is 6.37. The smallest absolute Gasteiger partial charge is 0.393 e. The summed E-state index contributed by atoms with van der Waals surface area (Å²) in [5, 5.41) is 37.6. The van der Waals surface area contributed by atoms with Crippen molar-refractivity contribution in [1.82, 2.24) is 0 Å². The average molecular weight is 391 g/mol. The lowest BCUT2D eigenvalue weighted by Gasteiger charge is -2.30. The van der Waals surface area contributed by atoms with E-state index in [9.17, 15) is 28.2 Å². The Morgan fingerprint density at radius 2 is 1.67 bits per heavy atom. The van der Waals surface area contributed by atoms with E-state index in [0.29, 0.717) is 12.8 Å². The number of aryl methyl sites for hydroxylation is 1. The van der Waals surface area contributed by atoms with Crippen LogP contribution in [0.4, 0.5) is 13.2 Å². The van der Waals surface area contributed by atoms with Gasteiger partial charge in [0.25, 0.3) is 0 Å². The molecule has 9 heteroatoms. The van der Waals surface area contributed by atoms with Crippen molar-refractivity contribution in [2.75, 3.05) is 6.61 Å². The predicted molar refractivity (Wildman–Crippen MR) is 91.9 cm³/mol. The molecule has 0 amide bonds. The number of halogens is 3. The summed E-state index contributed by atoms with van der Waals surface area (Å²) in [6.07, 6.45) is -4.29. The van der Waals surface area contributed by atoms with Crippen LogP contribution in [0, 0.1) is 0 Å². The third kappa shape index (κ3) is 7.30. The summed E-state index contributed by atoms with van der Waals surface area (Å²) in [7, 11) is 0. The average Bonchev–Trinajstić information content (AvgIpc) is 2.59. The van der Waals surface area contributed by atoms with Gasteiger partial charge in [0.1, 0.15) is 6.10 Å². The maximum absolute atomic E-state index is 12.3. The van der Waals surface area contributed by atoms with E-state index in [-0.39, 0.29) is 12.0 Å². The molecule has 27 heavy (non-hydrogen) atoms. The summed E-state index contributed by atoms with van der Waals surface area (Å²) in [5.41, 5.74) is 4.06. The van der Waals surface area contributed by atoms with Gasteiger partial charge in [-0.2, -0.15) is 13.2 Å². The molecule has 0 bridgehead atoms. The van der Waals surface area contributed by atoms with Gasteiger partial charge in [0.05, 0.1) is 19.1 Å². The van der Waals surface area contributed by atoms with Crippen molar-refractivity contribution in [2.45, 2.75) is 49.6 Å². The number of rotatable bonds is 10. The molecular formula is C18H24F3NO5. The first-order valence-corrected chi connectivity index (χ1v) is 8.28. The molecule has 0 aliphatic rings. The fourth-order valence-electron chi connectivity index (χ4n) is 2.42. The van der Waals surface area contributed by atoms with Crippen molar-refractivity contribution in [3.8, 4) is 0 Å².